The second-order valence-corrected chi connectivity index (χ2v) is 15.3. The summed E-state index contributed by atoms with van der Waals surface area (Å²) >= 11 is 1.48. The molecule has 1 aromatic heterocycles. The second kappa shape index (κ2) is 14.8. The highest BCUT2D eigenvalue weighted by molar-refractivity contribution is 7.20. The normalized spacial score (nSPS) is 26.3. The Kier molecular flexibility index (Phi) is 10.0. The van der Waals surface area contributed by atoms with Crippen LogP contribution in [0.3, 0.4) is 0 Å². The predicted octanol–water partition coefficient (Wildman–Crippen LogP) is 7.72. The van der Waals surface area contributed by atoms with Crippen molar-refractivity contribution in [1.82, 2.24) is 15.4 Å². The largest absolute Gasteiger partial charge is 0.465 e. The van der Waals surface area contributed by atoms with Gasteiger partial charge in [0.25, 0.3) is 11.1 Å². The van der Waals surface area contributed by atoms with Gasteiger partial charge in [0.2, 0.25) is 5.91 Å². The van der Waals surface area contributed by atoms with Crippen molar-refractivity contribution in [1.29, 1.82) is 0 Å². The van der Waals surface area contributed by atoms with Crippen LogP contribution in [0.1, 0.15) is 68.1 Å². The first-order valence-corrected chi connectivity index (χ1v) is 18.7. The third-order valence-electron chi connectivity index (χ3n) is 10.5. The molecule has 0 radical (unpaired) electrons. The molecule has 5 atom stereocenters. The van der Waals surface area contributed by atoms with Crippen molar-refractivity contribution >= 4 is 39.2 Å². The van der Waals surface area contributed by atoms with Gasteiger partial charge in [-0.3, -0.25) is 14.4 Å². The summed E-state index contributed by atoms with van der Waals surface area (Å²) in [5, 5.41) is 0.538. The summed E-state index contributed by atoms with van der Waals surface area (Å²) in [6, 6.07) is 22.8. The number of fused-ring (bicyclic) bond motifs is 3. The highest BCUT2D eigenvalue weighted by atomic mass is 32.1. The Morgan fingerprint density at radius 1 is 1.00 bits per heavy atom. The van der Waals surface area contributed by atoms with E-state index in [1.165, 1.54) is 11.3 Å². The molecule has 3 heterocycles. The fourth-order valence-electron chi connectivity index (χ4n) is 7.65. The van der Waals surface area contributed by atoms with Crippen LogP contribution in [0.25, 0.3) is 10.2 Å². The first-order valence-electron chi connectivity index (χ1n) is 17.9. The number of nitrogens with zero attached hydrogens (tertiary/aromatic N) is 2. The fraction of sp³-hybridized carbons (Fsp3) is 0.415. The van der Waals surface area contributed by atoms with E-state index in [2.05, 4.69) is 48.8 Å². The van der Waals surface area contributed by atoms with Gasteiger partial charge in [-0.15, -0.1) is 0 Å². The zero-order valence-corrected chi connectivity index (χ0v) is 29.6. The first kappa shape index (κ1) is 34.0. The molecule has 50 heavy (non-hydrogen) atoms. The molecule has 2 amide bonds. The molecule has 1 saturated carbocycles. The van der Waals surface area contributed by atoms with Crippen LogP contribution in [0.5, 0.6) is 10.9 Å². The van der Waals surface area contributed by atoms with Crippen molar-refractivity contribution in [3.8, 4) is 10.9 Å². The number of hydrogen-bond acceptors (Lipinski definition) is 7. The topological polar surface area (TPSA) is 97.8 Å². The average molecular weight is 692 g/mol. The molecular formula is C41H45N3O5S. The van der Waals surface area contributed by atoms with E-state index in [0.717, 1.165) is 59.0 Å². The number of benzene rings is 3. The fourth-order valence-corrected chi connectivity index (χ4v) is 8.63. The second-order valence-electron chi connectivity index (χ2n) is 14.3. The lowest BCUT2D eigenvalue weighted by Gasteiger charge is -2.29. The molecule has 9 heteroatoms. The summed E-state index contributed by atoms with van der Waals surface area (Å²) in [7, 11) is 0. The molecule has 8 nitrogen and oxygen atoms in total. The molecule has 1 aliphatic carbocycles. The van der Waals surface area contributed by atoms with Crippen LogP contribution in [0, 0.1) is 31.1 Å². The average Bonchev–Trinajstić information content (AvgIpc) is 3.40. The molecule has 0 unspecified atom stereocenters. The minimum atomic E-state index is -0.929. The van der Waals surface area contributed by atoms with Crippen LogP contribution in [0.2, 0.25) is 0 Å². The molecule has 0 bridgehead atoms. The Labute approximate surface area is 297 Å². The van der Waals surface area contributed by atoms with Crippen molar-refractivity contribution < 1.29 is 24.0 Å². The minimum Gasteiger partial charge on any atom is -0.465 e. The minimum absolute atomic E-state index is 0.0119. The third kappa shape index (κ3) is 7.63. The number of carbonyl (C=O) groups excluding carboxylic acids is 3. The van der Waals surface area contributed by atoms with E-state index in [1.54, 1.807) is 17.0 Å². The van der Waals surface area contributed by atoms with Crippen LogP contribution < -0.4 is 15.1 Å². The Balaban J connectivity index is 1.16. The maximum absolute atomic E-state index is 14.6. The van der Waals surface area contributed by atoms with Gasteiger partial charge in [-0.25, -0.2) is 4.98 Å². The summed E-state index contributed by atoms with van der Waals surface area (Å²) in [5.41, 5.74) is 6.01. The number of Topliss-reactive ketones (excluding diaryl/α,β-unsaturated/α-hetero) is 1. The van der Waals surface area contributed by atoms with Crippen molar-refractivity contribution in [2.45, 2.75) is 83.8 Å². The Hall–Kier alpha value is -4.50. The number of nitrogens with one attached hydrogen (secondary N) is 1. The van der Waals surface area contributed by atoms with Gasteiger partial charge in [-0.1, -0.05) is 90.4 Å². The van der Waals surface area contributed by atoms with Crippen molar-refractivity contribution in [2.24, 2.45) is 17.3 Å². The monoisotopic (exact) mass is 691 g/mol. The van der Waals surface area contributed by atoms with E-state index in [9.17, 15) is 14.4 Å². The van der Waals surface area contributed by atoms with Gasteiger partial charge in [0.05, 0.1) is 28.2 Å². The molecule has 3 aliphatic rings. The number of hydrogen-bond donors (Lipinski definition) is 1. The molecular weight excluding hydrogens is 647 g/mol. The molecule has 3 aromatic carbocycles. The number of ketones is 1. The van der Waals surface area contributed by atoms with Crippen LogP contribution >= 0.6 is 11.3 Å². The number of thiazole rings is 1. The standard InChI is InChI=1S/C41H45N3O5S/c1-27-12-11-13-29(20-27)22-30-14-7-4-3-5-8-15-31-24-41(31,39(47)43-49-32-16-9-6-10-17-32)25-36(45)35-23-33(26-44(35)38(30)46)48-40-42-34-19-18-28(2)21-37(34)50-40/h6,8-13,15-21,30-31,33,35H,3-5,7,14,22-26H2,1-2H3,(H,43,47)/b15-8-/t30-,31+,33-,35+,41-/m1/s1. The maximum Gasteiger partial charge on any atom is 0.274 e. The van der Waals surface area contributed by atoms with E-state index >= 15 is 0 Å². The lowest BCUT2D eigenvalue weighted by atomic mass is 9.89. The van der Waals surface area contributed by atoms with Gasteiger partial charge in [0.15, 0.2) is 11.5 Å². The van der Waals surface area contributed by atoms with Crippen LogP contribution in [-0.2, 0) is 20.8 Å². The van der Waals surface area contributed by atoms with E-state index in [1.807, 2.05) is 43.3 Å². The van der Waals surface area contributed by atoms with Crippen LogP contribution in [-0.4, -0.2) is 46.2 Å². The zero-order chi connectivity index (χ0) is 34.7. The number of amides is 2. The van der Waals surface area contributed by atoms with Gasteiger partial charge >= 0.3 is 0 Å². The Bertz CT molecular complexity index is 1890. The van der Waals surface area contributed by atoms with Crippen LogP contribution in [0.15, 0.2) is 84.9 Å². The SMILES string of the molecule is Cc1cccc(C[C@H]2CCCCC/C=C\[C@H]3C[C@@]3(C(=O)NOc3ccccc3)CC(=O)[C@@H]3C[C@@H](Oc4nc5ccc(C)cc5s4)CN3C2=O)c1. The Morgan fingerprint density at radius 2 is 1.84 bits per heavy atom. The van der Waals surface area contributed by atoms with Gasteiger partial charge in [-0.2, -0.15) is 5.48 Å². The predicted molar refractivity (Wildman–Crippen MR) is 195 cm³/mol. The van der Waals surface area contributed by atoms with Crippen LogP contribution in [0.4, 0.5) is 0 Å². The number of para-hydroxylation sites is 1. The van der Waals surface area contributed by atoms with Gasteiger partial charge in [0.1, 0.15) is 6.10 Å². The third-order valence-corrected chi connectivity index (χ3v) is 11.4. The Morgan fingerprint density at radius 3 is 2.68 bits per heavy atom. The molecule has 7 rings (SSSR count). The lowest BCUT2D eigenvalue weighted by molar-refractivity contribution is -0.143. The summed E-state index contributed by atoms with van der Waals surface area (Å²) < 4.78 is 7.49. The number of carbonyl (C=O) groups is 3. The molecule has 260 valence electrons. The molecule has 2 fully saturated rings. The molecule has 1 N–H and O–H groups in total. The summed E-state index contributed by atoms with van der Waals surface area (Å²) in [5.74, 6) is -0.248. The highest BCUT2D eigenvalue weighted by Gasteiger charge is 2.61. The highest BCUT2D eigenvalue weighted by Crippen LogP contribution is 2.57. The first-order chi connectivity index (χ1) is 24.3. The lowest BCUT2D eigenvalue weighted by Crippen LogP contribution is -2.46. The molecule has 2 aliphatic heterocycles. The number of ether oxygens (including phenoxy) is 1. The van der Waals surface area contributed by atoms with Gasteiger partial charge < -0.3 is 14.5 Å². The number of aromatic nitrogens is 1. The van der Waals surface area contributed by atoms with E-state index in [0.29, 0.717) is 36.8 Å². The van der Waals surface area contributed by atoms with Crippen molar-refractivity contribution in [3.05, 3.63) is 102 Å². The summed E-state index contributed by atoms with van der Waals surface area (Å²) in [6.45, 7) is 4.42. The smallest absolute Gasteiger partial charge is 0.274 e. The number of rotatable bonds is 7. The molecule has 4 aromatic rings. The zero-order valence-electron chi connectivity index (χ0n) is 28.8. The number of hydroxylamine groups is 1. The quantitative estimate of drug-likeness (QED) is 0.158. The van der Waals surface area contributed by atoms with Gasteiger partial charge in [-0.05, 0) is 87.3 Å². The van der Waals surface area contributed by atoms with E-state index in [-0.39, 0.29) is 35.9 Å². The summed E-state index contributed by atoms with van der Waals surface area (Å²) in [6.07, 6.45) is 10.0. The molecule has 1 saturated heterocycles. The van der Waals surface area contributed by atoms with Crippen molar-refractivity contribution in [2.75, 3.05) is 6.54 Å². The van der Waals surface area contributed by atoms with E-state index < -0.39 is 17.6 Å². The molecule has 0 spiro atoms. The summed E-state index contributed by atoms with van der Waals surface area (Å²) in [4.78, 5) is 55.0. The van der Waals surface area contributed by atoms with E-state index in [4.69, 9.17) is 14.6 Å². The van der Waals surface area contributed by atoms with Gasteiger partial charge in [0, 0.05) is 18.8 Å². The number of aryl methyl sites for hydroxylation is 2. The van der Waals surface area contributed by atoms with Crippen molar-refractivity contribution in [3.63, 3.8) is 0 Å². The number of allylic oxidation sites excluding steroid dienone is 2. The maximum atomic E-state index is 14.6.